The minimum atomic E-state index is -0.591. The fourth-order valence-electron chi connectivity index (χ4n) is 1.45. The van der Waals surface area contributed by atoms with Crippen LogP contribution < -0.4 is 10.2 Å². The van der Waals surface area contributed by atoms with Crippen LogP contribution in [0.4, 0.5) is 0 Å². The van der Waals surface area contributed by atoms with Gasteiger partial charge >= 0.3 is 23.1 Å². The van der Waals surface area contributed by atoms with E-state index in [0.29, 0.717) is 0 Å². The van der Waals surface area contributed by atoms with Crippen LogP contribution in [-0.4, -0.2) is 23.1 Å². The van der Waals surface area contributed by atoms with Gasteiger partial charge in [-0.15, -0.1) is 12.2 Å². The summed E-state index contributed by atoms with van der Waals surface area (Å²) in [6.45, 7) is 3.30. The maximum absolute atomic E-state index is 10.7. The molecule has 0 saturated carbocycles. The smallest absolute Gasteiger partial charge is 0.849 e. The van der Waals surface area contributed by atoms with E-state index in [0.717, 1.165) is 11.1 Å². The Balaban J connectivity index is 0.000000324. The molecule has 2 aromatic carbocycles. The summed E-state index contributed by atoms with van der Waals surface area (Å²) in [5, 5.41) is 21.5. The van der Waals surface area contributed by atoms with E-state index >= 15 is 0 Å². The molecular formula is C16H18MgO2. The van der Waals surface area contributed by atoms with Gasteiger partial charge in [0.2, 0.25) is 0 Å². The molecule has 2 rings (SSSR count). The summed E-state index contributed by atoms with van der Waals surface area (Å²) >= 11 is 0. The Morgan fingerprint density at radius 1 is 0.632 bits per heavy atom. The van der Waals surface area contributed by atoms with Gasteiger partial charge in [-0.05, 0) is 0 Å². The van der Waals surface area contributed by atoms with Crippen LogP contribution in [0.15, 0.2) is 60.7 Å². The van der Waals surface area contributed by atoms with Crippen LogP contribution in [0.25, 0.3) is 0 Å². The van der Waals surface area contributed by atoms with Gasteiger partial charge < -0.3 is 10.2 Å². The summed E-state index contributed by atoms with van der Waals surface area (Å²) in [6, 6.07) is 18.7. The maximum Gasteiger partial charge on any atom is 2.00 e. The predicted octanol–water partition coefficient (Wildman–Crippen LogP) is 1.83. The van der Waals surface area contributed by atoms with Crippen LogP contribution in [0.1, 0.15) is 37.2 Å². The third-order valence-electron chi connectivity index (χ3n) is 2.54. The molecule has 3 heteroatoms. The molecule has 2 aromatic rings. The molecule has 96 valence electrons. The Morgan fingerprint density at radius 3 is 1.05 bits per heavy atom. The molecule has 19 heavy (non-hydrogen) atoms. The monoisotopic (exact) mass is 266 g/mol. The van der Waals surface area contributed by atoms with Crippen LogP contribution in [0, 0.1) is 0 Å². The molecule has 0 saturated heterocycles. The third-order valence-corrected chi connectivity index (χ3v) is 2.54. The quantitative estimate of drug-likeness (QED) is 0.779. The molecule has 0 N–H and O–H groups in total. The van der Waals surface area contributed by atoms with Gasteiger partial charge in [-0.1, -0.05) is 85.6 Å². The van der Waals surface area contributed by atoms with Crippen molar-refractivity contribution in [2.75, 3.05) is 0 Å². The first-order chi connectivity index (χ1) is 8.61. The van der Waals surface area contributed by atoms with Crippen molar-refractivity contribution < 1.29 is 10.2 Å². The van der Waals surface area contributed by atoms with Crippen molar-refractivity contribution in [1.29, 1.82) is 0 Å². The van der Waals surface area contributed by atoms with Crippen molar-refractivity contribution in [3.05, 3.63) is 71.8 Å². The molecule has 0 spiro atoms. The Labute approximate surface area is 131 Å². The summed E-state index contributed by atoms with van der Waals surface area (Å²) in [5.41, 5.74) is 1.72. The van der Waals surface area contributed by atoms with E-state index in [1.165, 1.54) is 0 Å². The molecule has 0 amide bonds. The molecule has 0 aromatic heterocycles. The first-order valence-corrected chi connectivity index (χ1v) is 6.02. The minimum Gasteiger partial charge on any atom is -0.849 e. The average molecular weight is 267 g/mol. The fourth-order valence-corrected chi connectivity index (χ4v) is 1.45. The van der Waals surface area contributed by atoms with Crippen LogP contribution in [-0.2, 0) is 0 Å². The number of hydrogen-bond donors (Lipinski definition) is 0. The second-order valence-electron chi connectivity index (χ2n) is 4.11. The van der Waals surface area contributed by atoms with Crippen molar-refractivity contribution in [3.63, 3.8) is 0 Å². The summed E-state index contributed by atoms with van der Waals surface area (Å²) in [7, 11) is 0. The molecule has 0 aliphatic heterocycles. The Kier molecular flexibility index (Phi) is 9.52. The van der Waals surface area contributed by atoms with Crippen molar-refractivity contribution in [2.45, 2.75) is 26.1 Å². The van der Waals surface area contributed by atoms with Crippen LogP contribution >= 0.6 is 0 Å². The van der Waals surface area contributed by atoms with E-state index < -0.39 is 12.2 Å². The predicted molar refractivity (Wildman–Crippen MR) is 75.5 cm³/mol. The average Bonchev–Trinajstić information content (AvgIpc) is 2.41. The van der Waals surface area contributed by atoms with Crippen LogP contribution in [0.5, 0.6) is 0 Å². The second kappa shape index (κ2) is 9.98. The van der Waals surface area contributed by atoms with E-state index in [-0.39, 0.29) is 23.1 Å². The summed E-state index contributed by atoms with van der Waals surface area (Å²) in [4.78, 5) is 0. The standard InChI is InChI=1S/2C8H9O.Mg/c2*1-7(9)8-5-3-2-4-6-8;/h2*2-7H,1H3;/q2*-1;+2. The SMILES string of the molecule is CC([O-])c1ccccc1.CC([O-])c1ccccc1.[Mg+2]. The van der Waals surface area contributed by atoms with Crippen molar-refractivity contribution in [1.82, 2.24) is 0 Å². The third kappa shape index (κ3) is 7.33. The Hall–Kier alpha value is -0.874. The number of hydrogen-bond acceptors (Lipinski definition) is 2. The normalized spacial score (nSPS) is 12.4. The van der Waals surface area contributed by atoms with Crippen molar-refractivity contribution in [2.24, 2.45) is 0 Å². The van der Waals surface area contributed by atoms with Gasteiger partial charge in [-0.2, -0.15) is 0 Å². The molecule has 0 aliphatic carbocycles. The number of rotatable bonds is 2. The molecule has 2 unspecified atom stereocenters. The molecule has 0 heterocycles. The van der Waals surface area contributed by atoms with Crippen LogP contribution in [0.3, 0.4) is 0 Å². The first kappa shape index (κ1) is 18.1. The summed E-state index contributed by atoms with van der Waals surface area (Å²) in [5.74, 6) is 0. The largest absolute Gasteiger partial charge is 2.00 e. The van der Waals surface area contributed by atoms with Gasteiger partial charge in [0.15, 0.2) is 0 Å². The van der Waals surface area contributed by atoms with Gasteiger partial charge in [-0.3, -0.25) is 0 Å². The fraction of sp³-hybridized carbons (Fsp3) is 0.250. The first-order valence-electron chi connectivity index (χ1n) is 6.02. The summed E-state index contributed by atoms with van der Waals surface area (Å²) in [6.07, 6.45) is -1.18. The second-order valence-corrected chi connectivity index (χ2v) is 4.11. The van der Waals surface area contributed by atoms with Crippen LogP contribution in [0.2, 0.25) is 0 Å². The Bertz CT molecular complexity index is 384. The molecule has 0 fully saturated rings. The van der Waals surface area contributed by atoms with E-state index in [4.69, 9.17) is 0 Å². The zero-order chi connectivity index (χ0) is 13.4. The molecule has 2 nitrogen and oxygen atoms in total. The van der Waals surface area contributed by atoms with Crippen molar-refractivity contribution >= 4 is 23.1 Å². The molecule has 2 atom stereocenters. The van der Waals surface area contributed by atoms with Gasteiger partial charge in [0.25, 0.3) is 0 Å². The van der Waals surface area contributed by atoms with E-state index in [2.05, 4.69) is 0 Å². The molecule has 0 bridgehead atoms. The van der Waals surface area contributed by atoms with E-state index in [1.54, 1.807) is 13.8 Å². The Morgan fingerprint density at radius 2 is 0.895 bits per heavy atom. The maximum atomic E-state index is 10.7. The molecular weight excluding hydrogens is 248 g/mol. The summed E-state index contributed by atoms with van der Waals surface area (Å²) < 4.78 is 0. The van der Waals surface area contributed by atoms with Crippen molar-refractivity contribution in [3.8, 4) is 0 Å². The van der Waals surface area contributed by atoms with Gasteiger partial charge in [0, 0.05) is 0 Å². The van der Waals surface area contributed by atoms with E-state index in [9.17, 15) is 10.2 Å². The molecule has 0 aliphatic rings. The topological polar surface area (TPSA) is 46.1 Å². The van der Waals surface area contributed by atoms with Gasteiger partial charge in [-0.25, -0.2) is 0 Å². The zero-order valence-corrected chi connectivity index (χ0v) is 12.9. The van der Waals surface area contributed by atoms with Gasteiger partial charge in [0.05, 0.1) is 0 Å². The van der Waals surface area contributed by atoms with E-state index in [1.807, 2.05) is 60.7 Å². The molecule has 0 radical (unpaired) electrons. The van der Waals surface area contributed by atoms with Gasteiger partial charge in [0.1, 0.15) is 0 Å². The zero-order valence-electron chi connectivity index (χ0n) is 11.5. The minimum absolute atomic E-state index is 0. The number of benzene rings is 2.